The van der Waals surface area contributed by atoms with Crippen LogP contribution < -0.4 is 4.74 Å². The molecule has 3 saturated carbocycles. The van der Waals surface area contributed by atoms with Gasteiger partial charge in [0.1, 0.15) is 17.6 Å². The molecular formula is C27H36FNO2. The molecule has 3 fully saturated rings. The maximum Gasteiger partial charge on any atom is 0.314 e. The number of rotatable bonds is 5. The Morgan fingerprint density at radius 2 is 1.84 bits per heavy atom. The summed E-state index contributed by atoms with van der Waals surface area (Å²) in [4.78, 5) is 13.0. The molecule has 168 valence electrons. The van der Waals surface area contributed by atoms with Gasteiger partial charge in [-0.05, 0) is 80.2 Å². The fraction of sp³-hybridized carbons (Fsp3) is 0.704. The first kappa shape index (κ1) is 22.3. The van der Waals surface area contributed by atoms with E-state index in [0.717, 1.165) is 43.1 Å². The lowest BCUT2D eigenvalue weighted by Gasteiger charge is -2.46. The van der Waals surface area contributed by atoms with Crippen LogP contribution in [0.25, 0.3) is 0 Å². The van der Waals surface area contributed by atoms with E-state index in [0.29, 0.717) is 11.8 Å². The summed E-state index contributed by atoms with van der Waals surface area (Å²) >= 11 is 0. The third-order valence-electron chi connectivity index (χ3n) is 8.53. The van der Waals surface area contributed by atoms with Gasteiger partial charge < -0.3 is 4.74 Å². The number of hydrogen-bond acceptors (Lipinski definition) is 3. The molecule has 0 N–H and O–H groups in total. The van der Waals surface area contributed by atoms with Crippen LogP contribution in [-0.2, 0) is 4.79 Å². The molecule has 0 amide bonds. The van der Waals surface area contributed by atoms with Crippen molar-refractivity contribution >= 4 is 5.97 Å². The predicted octanol–water partition coefficient (Wildman–Crippen LogP) is 7.04. The maximum atomic E-state index is 13.9. The van der Waals surface area contributed by atoms with Gasteiger partial charge in [0, 0.05) is 6.07 Å². The molecule has 0 heterocycles. The van der Waals surface area contributed by atoms with E-state index in [1.165, 1.54) is 69.9 Å². The van der Waals surface area contributed by atoms with Crippen LogP contribution >= 0.6 is 0 Å². The molecule has 0 bridgehead atoms. The molecule has 0 aliphatic heterocycles. The second kappa shape index (κ2) is 10.2. The number of carbonyl (C=O) groups is 1. The summed E-state index contributed by atoms with van der Waals surface area (Å²) in [6.45, 7) is 2.30. The van der Waals surface area contributed by atoms with Crippen LogP contribution in [0.1, 0.15) is 89.5 Å². The first-order valence-corrected chi connectivity index (χ1v) is 12.5. The summed E-state index contributed by atoms with van der Waals surface area (Å²) < 4.78 is 19.5. The number of nitriles is 1. The van der Waals surface area contributed by atoms with Gasteiger partial charge >= 0.3 is 5.97 Å². The molecule has 31 heavy (non-hydrogen) atoms. The van der Waals surface area contributed by atoms with E-state index in [4.69, 9.17) is 10.00 Å². The maximum absolute atomic E-state index is 13.9. The lowest BCUT2D eigenvalue weighted by Crippen LogP contribution is -2.40. The Hall–Kier alpha value is -1.89. The molecule has 1 aromatic rings. The molecule has 0 radical (unpaired) electrons. The standard InChI is InChI=1S/C27H36FNO2/c1-2-4-18-7-9-19(10-8-18)20-12-14-24-21(15-20)5-3-6-25(24)27(30)31-23-13-11-22(17-29)26(28)16-23/h11,13,16,18-21,24-25H,2-10,12,14-15H2,1H3. The second-order valence-electron chi connectivity index (χ2n) is 10.3. The molecule has 4 unspecified atom stereocenters. The lowest BCUT2D eigenvalue weighted by molar-refractivity contribution is -0.144. The summed E-state index contributed by atoms with van der Waals surface area (Å²) in [6.07, 6.45) is 15.2. The largest absolute Gasteiger partial charge is 0.426 e. The van der Waals surface area contributed by atoms with Crippen LogP contribution in [0.4, 0.5) is 4.39 Å². The highest BCUT2D eigenvalue weighted by Gasteiger charge is 2.43. The molecule has 4 atom stereocenters. The minimum Gasteiger partial charge on any atom is -0.426 e. The zero-order valence-electron chi connectivity index (χ0n) is 18.8. The van der Waals surface area contributed by atoms with Crippen LogP contribution in [0.3, 0.4) is 0 Å². The lowest BCUT2D eigenvalue weighted by atomic mass is 9.59. The molecule has 1 aromatic carbocycles. The summed E-state index contributed by atoms with van der Waals surface area (Å²) in [5, 5.41) is 8.88. The van der Waals surface area contributed by atoms with Crippen molar-refractivity contribution in [3.05, 3.63) is 29.6 Å². The Labute approximate surface area is 186 Å². The Kier molecular flexibility index (Phi) is 7.31. The van der Waals surface area contributed by atoms with Gasteiger partial charge in [-0.3, -0.25) is 4.79 Å². The number of fused-ring (bicyclic) bond motifs is 1. The van der Waals surface area contributed by atoms with Crippen molar-refractivity contribution in [3.8, 4) is 11.8 Å². The van der Waals surface area contributed by atoms with Crippen molar-refractivity contribution in [2.45, 2.75) is 84.0 Å². The molecule has 3 nitrogen and oxygen atoms in total. The Balaban J connectivity index is 1.34. The van der Waals surface area contributed by atoms with Crippen molar-refractivity contribution < 1.29 is 13.9 Å². The molecule has 0 saturated heterocycles. The van der Waals surface area contributed by atoms with E-state index in [-0.39, 0.29) is 23.2 Å². The van der Waals surface area contributed by atoms with Crippen LogP contribution in [0.2, 0.25) is 0 Å². The molecule has 3 aliphatic rings. The Bertz CT molecular complexity index is 808. The average molecular weight is 426 g/mol. The zero-order chi connectivity index (χ0) is 21.8. The third-order valence-corrected chi connectivity index (χ3v) is 8.53. The summed E-state index contributed by atoms with van der Waals surface area (Å²) in [5.41, 5.74) is -0.0282. The number of esters is 1. The number of ether oxygens (including phenoxy) is 1. The van der Waals surface area contributed by atoms with Gasteiger partial charge in [-0.1, -0.05) is 45.4 Å². The summed E-state index contributed by atoms with van der Waals surface area (Å²) in [5.74, 6) is 3.03. The molecule has 4 heteroatoms. The van der Waals surface area contributed by atoms with Gasteiger partial charge in [0.25, 0.3) is 0 Å². The third kappa shape index (κ3) is 5.13. The van der Waals surface area contributed by atoms with Gasteiger partial charge in [0.15, 0.2) is 0 Å². The highest BCUT2D eigenvalue weighted by molar-refractivity contribution is 5.75. The smallest absolute Gasteiger partial charge is 0.314 e. The minimum atomic E-state index is -0.636. The first-order chi connectivity index (χ1) is 15.1. The van der Waals surface area contributed by atoms with E-state index >= 15 is 0 Å². The molecule has 0 aromatic heterocycles. The fourth-order valence-electron chi connectivity index (χ4n) is 6.92. The van der Waals surface area contributed by atoms with Crippen LogP contribution in [0.5, 0.6) is 5.75 Å². The van der Waals surface area contributed by atoms with E-state index in [2.05, 4.69) is 6.92 Å². The van der Waals surface area contributed by atoms with Crippen LogP contribution in [0, 0.1) is 52.7 Å². The molecular weight excluding hydrogens is 389 g/mol. The van der Waals surface area contributed by atoms with Crippen molar-refractivity contribution in [2.75, 3.05) is 0 Å². The summed E-state index contributed by atoms with van der Waals surface area (Å²) in [6, 6.07) is 5.85. The van der Waals surface area contributed by atoms with Gasteiger partial charge in [0.05, 0.1) is 11.5 Å². The van der Waals surface area contributed by atoms with Crippen LogP contribution in [-0.4, -0.2) is 5.97 Å². The highest BCUT2D eigenvalue weighted by atomic mass is 19.1. The Morgan fingerprint density at radius 3 is 2.55 bits per heavy atom. The molecule has 4 rings (SSSR count). The topological polar surface area (TPSA) is 50.1 Å². The fourth-order valence-corrected chi connectivity index (χ4v) is 6.92. The van der Waals surface area contributed by atoms with Gasteiger partial charge in [-0.2, -0.15) is 5.26 Å². The molecule has 3 aliphatic carbocycles. The average Bonchev–Trinajstić information content (AvgIpc) is 2.79. The Morgan fingerprint density at radius 1 is 1.06 bits per heavy atom. The number of benzene rings is 1. The van der Waals surface area contributed by atoms with Crippen molar-refractivity contribution in [2.24, 2.45) is 35.5 Å². The van der Waals surface area contributed by atoms with Crippen LogP contribution in [0.15, 0.2) is 18.2 Å². The number of halogens is 1. The van der Waals surface area contributed by atoms with E-state index in [1.54, 1.807) is 6.07 Å². The minimum absolute atomic E-state index is 0.0282. The molecule has 0 spiro atoms. The first-order valence-electron chi connectivity index (χ1n) is 12.5. The predicted molar refractivity (Wildman–Crippen MR) is 119 cm³/mol. The van der Waals surface area contributed by atoms with Crippen molar-refractivity contribution in [1.82, 2.24) is 0 Å². The monoisotopic (exact) mass is 425 g/mol. The van der Waals surface area contributed by atoms with Gasteiger partial charge in [-0.15, -0.1) is 0 Å². The zero-order valence-corrected chi connectivity index (χ0v) is 18.8. The second-order valence-corrected chi connectivity index (χ2v) is 10.3. The van der Waals surface area contributed by atoms with E-state index < -0.39 is 5.82 Å². The summed E-state index contributed by atoms with van der Waals surface area (Å²) in [7, 11) is 0. The highest BCUT2D eigenvalue weighted by Crippen LogP contribution is 2.50. The number of hydrogen-bond donors (Lipinski definition) is 0. The normalized spacial score (nSPS) is 33.2. The quantitative estimate of drug-likeness (QED) is 0.375. The SMILES string of the molecule is CCCC1CCC(C2CCC3C(CCCC3C(=O)Oc3ccc(C#N)c(F)c3)C2)CC1. The van der Waals surface area contributed by atoms with Crippen molar-refractivity contribution in [1.29, 1.82) is 5.26 Å². The van der Waals surface area contributed by atoms with Crippen molar-refractivity contribution in [3.63, 3.8) is 0 Å². The number of nitrogens with zero attached hydrogens (tertiary/aromatic N) is 1. The number of carbonyl (C=O) groups excluding carboxylic acids is 1. The van der Waals surface area contributed by atoms with E-state index in [9.17, 15) is 9.18 Å². The van der Waals surface area contributed by atoms with Gasteiger partial charge in [0.2, 0.25) is 0 Å². The van der Waals surface area contributed by atoms with E-state index in [1.807, 2.05) is 0 Å². The van der Waals surface area contributed by atoms with Gasteiger partial charge in [-0.25, -0.2) is 4.39 Å².